The Morgan fingerprint density at radius 1 is 1.07 bits per heavy atom. The number of hydrogen-bond acceptors (Lipinski definition) is 6. The van der Waals surface area contributed by atoms with Crippen LogP contribution in [0.3, 0.4) is 0 Å². The number of carbonyl (C=O) groups excluding carboxylic acids is 1. The summed E-state index contributed by atoms with van der Waals surface area (Å²) in [6.45, 7) is 2.78. The Morgan fingerprint density at radius 3 is 2.43 bits per heavy atom. The maximum absolute atomic E-state index is 12.1. The molecule has 7 heteroatoms. The molecule has 0 saturated heterocycles. The van der Waals surface area contributed by atoms with Crippen molar-refractivity contribution in [2.75, 3.05) is 16.8 Å². The highest BCUT2D eigenvalue weighted by atomic mass is 16.5. The second kappa shape index (κ2) is 8.51. The molecule has 154 valence electrons. The Morgan fingerprint density at radius 2 is 1.77 bits per heavy atom. The molecule has 2 aromatic carbocycles. The predicted molar refractivity (Wildman–Crippen MR) is 117 cm³/mol. The monoisotopic (exact) mass is 403 g/mol. The molecule has 1 aromatic heterocycles. The quantitative estimate of drug-likeness (QED) is 0.555. The smallest absolute Gasteiger partial charge is 0.227 e. The van der Waals surface area contributed by atoms with E-state index >= 15 is 0 Å². The number of carbonyl (C=O) groups is 1. The Bertz CT molecular complexity index is 1040. The first kappa shape index (κ1) is 19.8. The van der Waals surface area contributed by atoms with Crippen molar-refractivity contribution in [2.45, 2.75) is 26.6 Å². The molecule has 1 fully saturated rings. The molecule has 2 unspecified atom stereocenters. The topological polar surface area (TPSA) is 116 Å². The minimum atomic E-state index is 0.0700. The summed E-state index contributed by atoms with van der Waals surface area (Å²) >= 11 is 0. The molecule has 1 aliphatic carbocycles. The number of aromatic nitrogens is 2. The van der Waals surface area contributed by atoms with Crippen LogP contribution in [0.4, 0.5) is 17.5 Å². The zero-order valence-corrected chi connectivity index (χ0v) is 16.8. The summed E-state index contributed by atoms with van der Waals surface area (Å²) in [6, 6.07) is 17.4. The van der Waals surface area contributed by atoms with Crippen LogP contribution in [0.25, 0.3) is 11.1 Å². The number of hydrogen-bond donors (Lipinski definition) is 3. The van der Waals surface area contributed by atoms with Gasteiger partial charge < -0.3 is 21.5 Å². The second-order valence-corrected chi connectivity index (χ2v) is 7.65. The molecule has 2 atom stereocenters. The highest BCUT2D eigenvalue weighted by Gasteiger charge is 2.39. The summed E-state index contributed by atoms with van der Waals surface area (Å²) in [7, 11) is 0. The molecular weight excluding hydrogens is 378 g/mol. The molecule has 1 aliphatic rings. The second-order valence-electron chi connectivity index (χ2n) is 7.65. The van der Waals surface area contributed by atoms with Gasteiger partial charge in [-0.05, 0) is 35.6 Å². The summed E-state index contributed by atoms with van der Waals surface area (Å²) in [5.74, 6) is 1.07. The van der Waals surface area contributed by atoms with Crippen molar-refractivity contribution >= 4 is 23.4 Å². The van der Waals surface area contributed by atoms with E-state index in [0.29, 0.717) is 29.6 Å². The number of nitrogens with two attached hydrogens (primary N) is 2. The summed E-state index contributed by atoms with van der Waals surface area (Å²) in [4.78, 5) is 20.6. The highest BCUT2D eigenvalue weighted by molar-refractivity contribution is 5.94. The highest BCUT2D eigenvalue weighted by Crippen LogP contribution is 2.38. The van der Waals surface area contributed by atoms with Gasteiger partial charge in [0.15, 0.2) is 0 Å². The van der Waals surface area contributed by atoms with Crippen molar-refractivity contribution in [1.29, 1.82) is 0 Å². The number of nitrogens with one attached hydrogen (secondary N) is 1. The predicted octanol–water partition coefficient (Wildman–Crippen LogP) is 3.62. The van der Waals surface area contributed by atoms with E-state index in [1.54, 1.807) is 0 Å². The van der Waals surface area contributed by atoms with E-state index in [-0.39, 0.29) is 24.4 Å². The Balaban J connectivity index is 1.50. The molecule has 7 nitrogen and oxygen atoms in total. The SMILES string of the molecule is CC1CC1C(=O)Nc1ccc(-c2c(N)nc(N)nc2COCc2ccccc2)cc1. The van der Waals surface area contributed by atoms with Crippen LogP contribution in [0, 0.1) is 11.8 Å². The Labute approximate surface area is 175 Å². The van der Waals surface area contributed by atoms with Crippen LogP contribution < -0.4 is 16.8 Å². The van der Waals surface area contributed by atoms with Gasteiger partial charge in [-0.25, -0.2) is 4.98 Å². The first-order chi connectivity index (χ1) is 14.5. The molecule has 0 spiro atoms. The molecule has 0 radical (unpaired) electrons. The lowest BCUT2D eigenvalue weighted by atomic mass is 10.0. The van der Waals surface area contributed by atoms with Crippen molar-refractivity contribution < 1.29 is 9.53 Å². The van der Waals surface area contributed by atoms with Gasteiger partial charge in [-0.2, -0.15) is 4.98 Å². The maximum atomic E-state index is 12.1. The van der Waals surface area contributed by atoms with Gasteiger partial charge in [-0.1, -0.05) is 49.4 Å². The van der Waals surface area contributed by atoms with E-state index < -0.39 is 0 Å². The van der Waals surface area contributed by atoms with Crippen molar-refractivity contribution in [3.63, 3.8) is 0 Å². The summed E-state index contributed by atoms with van der Waals surface area (Å²) in [5.41, 5.74) is 15.9. The minimum Gasteiger partial charge on any atom is -0.383 e. The molecule has 1 saturated carbocycles. The maximum Gasteiger partial charge on any atom is 0.227 e. The van der Waals surface area contributed by atoms with Crippen LogP contribution in [-0.4, -0.2) is 15.9 Å². The number of amides is 1. The van der Waals surface area contributed by atoms with Crippen molar-refractivity contribution in [2.24, 2.45) is 11.8 Å². The third-order valence-electron chi connectivity index (χ3n) is 5.27. The number of ether oxygens (including phenoxy) is 1. The summed E-state index contributed by atoms with van der Waals surface area (Å²) in [5, 5.41) is 2.96. The lowest BCUT2D eigenvalue weighted by Gasteiger charge is -2.13. The van der Waals surface area contributed by atoms with Gasteiger partial charge >= 0.3 is 0 Å². The van der Waals surface area contributed by atoms with Crippen molar-refractivity contribution in [3.05, 3.63) is 65.9 Å². The fraction of sp³-hybridized carbons (Fsp3) is 0.261. The van der Waals surface area contributed by atoms with E-state index in [0.717, 1.165) is 23.2 Å². The standard InChI is InChI=1S/C23H25N5O2/c1-14-11-18(14)22(29)26-17-9-7-16(8-10-17)20-19(27-23(25)28-21(20)24)13-30-12-15-5-3-2-4-6-15/h2-10,14,18H,11-13H2,1H3,(H,26,29)(H4,24,25,27,28). The molecule has 0 aliphatic heterocycles. The van der Waals surface area contributed by atoms with Gasteiger partial charge in [0.25, 0.3) is 0 Å². The van der Waals surface area contributed by atoms with Gasteiger partial charge in [-0.3, -0.25) is 4.79 Å². The van der Waals surface area contributed by atoms with Crippen LogP contribution in [0.5, 0.6) is 0 Å². The fourth-order valence-electron chi connectivity index (χ4n) is 3.45. The van der Waals surface area contributed by atoms with Gasteiger partial charge in [0.05, 0.1) is 18.9 Å². The average molecular weight is 403 g/mol. The lowest BCUT2D eigenvalue weighted by Crippen LogP contribution is -2.14. The van der Waals surface area contributed by atoms with E-state index in [2.05, 4.69) is 22.2 Å². The van der Waals surface area contributed by atoms with Crippen molar-refractivity contribution in [3.8, 4) is 11.1 Å². The zero-order chi connectivity index (χ0) is 21.1. The molecular formula is C23H25N5O2. The van der Waals surface area contributed by atoms with E-state index in [1.807, 2.05) is 54.6 Å². The number of nitrogens with zero attached hydrogens (tertiary/aromatic N) is 2. The van der Waals surface area contributed by atoms with Crippen LogP contribution >= 0.6 is 0 Å². The zero-order valence-electron chi connectivity index (χ0n) is 16.8. The van der Waals surface area contributed by atoms with Gasteiger partial charge in [0, 0.05) is 17.2 Å². The Kier molecular flexibility index (Phi) is 5.63. The van der Waals surface area contributed by atoms with Crippen LogP contribution in [-0.2, 0) is 22.7 Å². The molecule has 1 heterocycles. The van der Waals surface area contributed by atoms with Crippen LogP contribution in [0.1, 0.15) is 24.6 Å². The first-order valence-electron chi connectivity index (χ1n) is 9.96. The molecule has 0 bridgehead atoms. The first-order valence-corrected chi connectivity index (χ1v) is 9.96. The number of benzene rings is 2. The molecule has 5 N–H and O–H groups in total. The third kappa shape index (κ3) is 4.58. The lowest BCUT2D eigenvalue weighted by molar-refractivity contribution is -0.117. The normalized spacial score (nSPS) is 17.5. The Hall–Kier alpha value is -3.45. The summed E-state index contributed by atoms with van der Waals surface area (Å²) in [6.07, 6.45) is 0.954. The van der Waals surface area contributed by atoms with E-state index in [9.17, 15) is 4.79 Å². The molecule has 30 heavy (non-hydrogen) atoms. The van der Waals surface area contributed by atoms with Crippen LogP contribution in [0.2, 0.25) is 0 Å². The number of nitrogen functional groups attached to an aromatic ring is 2. The van der Waals surface area contributed by atoms with Gasteiger partial charge in [0.1, 0.15) is 5.82 Å². The molecule has 4 rings (SSSR count). The van der Waals surface area contributed by atoms with E-state index in [4.69, 9.17) is 16.2 Å². The third-order valence-corrected chi connectivity index (χ3v) is 5.27. The van der Waals surface area contributed by atoms with Gasteiger partial charge in [-0.15, -0.1) is 0 Å². The molecule has 3 aromatic rings. The average Bonchev–Trinajstić information content (AvgIpc) is 3.46. The van der Waals surface area contributed by atoms with Crippen LogP contribution in [0.15, 0.2) is 54.6 Å². The van der Waals surface area contributed by atoms with Crippen molar-refractivity contribution in [1.82, 2.24) is 9.97 Å². The molecule has 1 amide bonds. The number of anilines is 3. The number of rotatable bonds is 7. The summed E-state index contributed by atoms with van der Waals surface area (Å²) < 4.78 is 5.84. The fourth-order valence-corrected chi connectivity index (χ4v) is 3.45. The minimum absolute atomic E-state index is 0.0700. The largest absolute Gasteiger partial charge is 0.383 e. The van der Waals surface area contributed by atoms with Gasteiger partial charge in [0.2, 0.25) is 11.9 Å². The van der Waals surface area contributed by atoms with E-state index in [1.165, 1.54) is 0 Å².